The van der Waals surface area contributed by atoms with Gasteiger partial charge in [-0.05, 0) is 44.2 Å². The molecule has 1 amide bonds. The first kappa shape index (κ1) is 14.8. The second kappa shape index (κ2) is 6.22. The van der Waals surface area contributed by atoms with Gasteiger partial charge in [0.1, 0.15) is 5.82 Å². The van der Waals surface area contributed by atoms with E-state index in [1.165, 1.54) is 0 Å². The number of carbonyl (C=O) groups excluding carboxylic acids is 1. The molecule has 1 saturated heterocycles. The van der Waals surface area contributed by atoms with Crippen molar-refractivity contribution in [2.75, 3.05) is 31.6 Å². The number of nitrogens with one attached hydrogen (secondary N) is 2. The number of hydrogen-bond donors (Lipinski definition) is 2. The summed E-state index contributed by atoms with van der Waals surface area (Å²) in [5.41, 5.74) is 2.59. The molecule has 1 fully saturated rings. The van der Waals surface area contributed by atoms with Crippen LogP contribution in [0.1, 0.15) is 30.5 Å². The van der Waals surface area contributed by atoms with Crippen molar-refractivity contribution < 1.29 is 9.18 Å². The normalized spacial score (nSPS) is 17.6. The summed E-state index contributed by atoms with van der Waals surface area (Å²) < 4.78 is 13.9. The Bertz CT molecular complexity index is 504. The minimum absolute atomic E-state index is 0.0620. The van der Waals surface area contributed by atoms with Crippen LogP contribution in [0.2, 0.25) is 0 Å². The maximum atomic E-state index is 13.9. The lowest BCUT2D eigenvalue weighted by atomic mass is 10.0. The Hall–Kier alpha value is -1.62. The standard InChI is InChI=1S/C15H22FN3O/c1-10-8-14(12(9-13(10)16)11(2)17-3)19-6-4-15(20)18-5-7-19/h8-9,11,17H,4-7H2,1-3H3,(H,18,20). The van der Waals surface area contributed by atoms with Crippen LogP contribution in [0.5, 0.6) is 0 Å². The van der Waals surface area contributed by atoms with Crippen molar-refractivity contribution >= 4 is 11.6 Å². The van der Waals surface area contributed by atoms with Crippen molar-refractivity contribution in [2.45, 2.75) is 26.3 Å². The molecule has 0 saturated carbocycles. The molecule has 1 aliphatic rings. The summed E-state index contributed by atoms with van der Waals surface area (Å²) >= 11 is 0. The van der Waals surface area contributed by atoms with E-state index in [4.69, 9.17) is 0 Å². The van der Waals surface area contributed by atoms with Gasteiger partial charge in [0.05, 0.1) is 0 Å². The summed E-state index contributed by atoms with van der Waals surface area (Å²) in [6.07, 6.45) is 0.476. The van der Waals surface area contributed by atoms with Gasteiger partial charge in [-0.3, -0.25) is 4.79 Å². The first-order valence-electron chi connectivity index (χ1n) is 7.02. The van der Waals surface area contributed by atoms with E-state index < -0.39 is 0 Å². The van der Waals surface area contributed by atoms with Crippen LogP contribution in [-0.2, 0) is 4.79 Å². The fraction of sp³-hybridized carbons (Fsp3) is 0.533. The highest BCUT2D eigenvalue weighted by Gasteiger charge is 2.20. The molecular weight excluding hydrogens is 257 g/mol. The predicted molar refractivity (Wildman–Crippen MR) is 78.5 cm³/mol. The highest BCUT2D eigenvalue weighted by molar-refractivity contribution is 5.77. The summed E-state index contributed by atoms with van der Waals surface area (Å²) in [6, 6.07) is 3.55. The average molecular weight is 279 g/mol. The molecule has 110 valence electrons. The van der Waals surface area contributed by atoms with Crippen molar-refractivity contribution in [3.05, 3.63) is 29.1 Å². The Balaban J connectivity index is 2.37. The number of aryl methyl sites for hydroxylation is 1. The van der Waals surface area contributed by atoms with E-state index in [1.54, 1.807) is 13.0 Å². The first-order chi connectivity index (χ1) is 9.52. The molecule has 1 unspecified atom stereocenters. The summed E-state index contributed by atoms with van der Waals surface area (Å²) in [7, 11) is 1.86. The van der Waals surface area contributed by atoms with Gasteiger partial charge in [-0.15, -0.1) is 0 Å². The van der Waals surface area contributed by atoms with Crippen molar-refractivity contribution in [3.8, 4) is 0 Å². The monoisotopic (exact) mass is 279 g/mol. The highest BCUT2D eigenvalue weighted by atomic mass is 19.1. The predicted octanol–water partition coefficient (Wildman–Crippen LogP) is 1.74. The SMILES string of the molecule is CNC(C)c1cc(F)c(C)cc1N1CCNC(=O)CC1. The molecule has 1 aromatic carbocycles. The molecule has 0 spiro atoms. The number of anilines is 1. The maximum absolute atomic E-state index is 13.9. The second-order valence-corrected chi connectivity index (χ2v) is 5.26. The van der Waals surface area contributed by atoms with Crippen molar-refractivity contribution in [2.24, 2.45) is 0 Å². The van der Waals surface area contributed by atoms with Gasteiger partial charge in [0.2, 0.25) is 5.91 Å². The molecule has 2 rings (SSSR count). The van der Waals surface area contributed by atoms with E-state index in [9.17, 15) is 9.18 Å². The Labute approximate surface area is 119 Å². The Morgan fingerprint density at radius 1 is 1.40 bits per heavy atom. The van der Waals surface area contributed by atoms with Gasteiger partial charge >= 0.3 is 0 Å². The minimum atomic E-state index is -0.185. The smallest absolute Gasteiger partial charge is 0.221 e. The number of benzene rings is 1. The maximum Gasteiger partial charge on any atom is 0.221 e. The van der Waals surface area contributed by atoms with Crippen LogP contribution >= 0.6 is 0 Å². The first-order valence-corrected chi connectivity index (χ1v) is 7.02. The lowest BCUT2D eigenvalue weighted by Gasteiger charge is -2.27. The van der Waals surface area contributed by atoms with Crippen LogP contribution in [0.15, 0.2) is 12.1 Å². The highest BCUT2D eigenvalue weighted by Crippen LogP contribution is 2.29. The quantitative estimate of drug-likeness (QED) is 0.886. The molecule has 5 heteroatoms. The number of nitrogens with zero attached hydrogens (tertiary/aromatic N) is 1. The zero-order valence-corrected chi connectivity index (χ0v) is 12.3. The molecule has 4 nitrogen and oxygen atoms in total. The molecule has 1 aromatic rings. The molecule has 0 radical (unpaired) electrons. The van der Waals surface area contributed by atoms with E-state index in [0.717, 1.165) is 17.8 Å². The third-order valence-electron chi connectivity index (χ3n) is 3.86. The number of halogens is 1. The van der Waals surface area contributed by atoms with Crippen LogP contribution in [0.25, 0.3) is 0 Å². The zero-order valence-electron chi connectivity index (χ0n) is 12.3. The number of hydrogen-bond acceptors (Lipinski definition) is 3. The number of rotatable bonds is 3. The Kier molecular flexibility index (Phi) is 4.60. The number of carbonyl (C=O) groups is 1. The van der Waals surface area contributed by atoms with E-state index in [2.05, 4.69) is 15.5 Å². The summed E-state index contributed by atoms with van der Waals surface area (Å²) in [5, 5.41) is 6.02. The molecule has 2 N–H and O–H groups in total. The average Bonchev–Trinajstić information content (AvgIpc) is 2.65. The van der Waals surface area contributed by atoms with E-state index in [-0.39, 0.29) is 17.8 Å². The van der Waals surface area contributed by atoms with E-state index in [0.29, 0.717) is 25.1 Å². The van der Waals surface area contributed by atoms with Gasteiger partial charge in [0.25, 0.3) is 0 Å². The van der Waals surface area contributed by atoms with Gasteiger partial charge in [-0.1, -0.05) is 0 Å². The van der Waals surface area contributed by atoms with Crippen LogP contribution in [0, 0.1) is 12.7 Å². The third-order valence-corrected chi connectivity index (χ3v) is 3.86. The molecule has 0 bridgehead atoms. The lowest BCUT2D eigenvalue weighted by molar-refractivity contribution is -0.120. The van der Waals surface area contributed by atoms with Crippen LogP contribution < -0.4 is 15.5 Å². The van der Waals surface area contributed by atoms with E-state index in [1.807, 2.05) is 20.0 Å². The van der Waals surface area contributed by atoms with Crippen LogP contribution in [0.4, 0.5) is 10.1 Å². The molecular formula is C15H22FN3O. The molecule has 1 aliphatic heterocycles. The Morgan fingerprint density at radius 2 is 2.15 bits per heavy atom. The number of amides is 1. The lowest BCUT2D eigenvalue weighted by Crippen LogP contribution is -2.30. The van der Waals surface area contributed by atoms with Gasteiger partial charge in [-0.25, -0.2) is 4.39 Å². The molecule has 1 atom stereocenters. The minimum Gasteiger partial charge on any atom is -0.369 e. The topological polar surface area (TPSA) is 44.4 Å². The molecule has 20 heavy (non-hydrogen) atoms. The van der Waals surface area contributed by atoms with Gasteiger partial charge in [-0.2, -0.15) is 0 Å². The van der Waals surface area contributed by atoms with E-state index >= 15 is 0 Å². The van der Waals surface area contributed by atoms with Crippen LogP contribution in [-0.4, -0.2) is 32.6 Å². The second-order valence-electron chi connectivity index (χ2n) is 5.26. The zero-order chi connectivity index (χ0) is 14.7. The van der Waals surface area contributed by atoms with Crippen molar-refractivity contribution in [3.63, 3.8) is 0 Å². The van der Waals surface area contributed by atoms with Gasteiger partial charge < -0.3 is 15.5 Å². The van der Waals surface area contributed by atoms with Crippen molar-refractivity contribution in [1.82, 2.24) is 10.6 Å². The Morgan fingerprint density at radius 3 is 2.85 bits per heavy atom. The molecule has 1 heterocycles. The third kappa shape index (κ3) is 3.10. The van der Waals surface area contributed by atoms with Crippen molar-refractivity contribution in [1.29, 1.82) is 0 Å². The molecule has 0 aromatic heterocycles. The largest absolute Gasteiger partial charge is 0.369 e. The molecule has 0 aliphatic carbocycles. The summed E-state index contributed by atoms with van der Waals surface area (Å²) in [4.78, 5) is 13.6. The van der Waals surface area contributed by atoms with Crippen LogP contribution in [0.3, 0.4) is 0 Å². The summed E-state index contributed by atoms with van der Waals surface area (Å²) in [6.45, 7) is 5.83. The van der Waals surface area contributed by atoms with Gasteiger partial charge in [0, 0.05) is 37.8 Å². The summed E-state index contributed by atoms with van der Waals surface area (Å²) in [5.74, 6) is -0.107. The fourth-order valence-electron chi connectivity index (χ4n) is 2.47. The van der Waals surface area contributed by atoms with Gasteiger partial charge in [0.15, 0.2) is 0 Å². The fourth-order valence-corrected chi connectivity index (χ4v) is 2.47.